The number of aromatic nitrogens is 5. The number of benzene rings is 1. The molecular formula is C19H19N7O. The number of hydrogen-bond acceptors (Lipinski definition) is 8. The summed E-state index contributed by atoms with van der Waals surface area (Å²) in [7, 11) is 0. The second-order valence-corrected chi connectivity index (χ2v) is 6.10. The predicted octanol–water partition coefficient (Wildman–Crippen LogP) is 2.75. The molecule has 4 rings (SSSR count). The van der Waals surface area contributed by atoms with Crippen LogP contribution in [0, 0.1) is 0 Å². The minimum atomic E-state index is -0.225. The van der Waals surface area contributed by atoms with Gasteiger partial charge in [0, 0.05) is 29.8 Å². The second kappa shape index (κ2) is 7.46. The molecule has 0 aliphatic carbocycles. The Labute approximate surface area is 155 Å². The van der Waals surface area contributed by atoms with E-state index in [1.165, 1.54) is 0 Å². The van der Waals surface area contributed by atoms with Gasteiger partial charge >= 0.3 is 0 Å². The van der Waals surface area contributed by atoms with E-state index in [9.17, 15) is 0 Å². The Hall–Kier alpha value is -3.39. The summed E-state index contributed by atoms with van der Waals surface area (Å²) in [4.78, 5) is 17.7. The van der Waals surface area contributed by atoms with Crippen molar-refractivity contribution in [3.63, 3.8) is 0 Å². The van der Waals surface area contributed by atoms with E-state index in [2.05, 4.69) is 30.4 Å². The molecule has 1 aromatic carbocycles. The van der Waals surface area contributed by atoms with Crippen molar-refractivity contribution in [1.82, 2.24) is 25.1 Å². The van der Waals surface area contributed by atoms with E-state index in [4.69, 9.17) is 10.3 Å². The average molecular weight is 361 g/mol. The Morgan fingerprint density at radius 2 is 1.89 bits per heavy atom. The monoisotopic (exact) mass is 361 g/mol. The summed E-state index contributed by atoms with van der Waals surface area (Å²) in [5.41, 5.74) is 7.39. The maximum Gasteiger partial charge on any atom is 0.249 e. The fourth-order valence-corrected chi connectivity index (χ4v) is 2.77. The van der Waals surface area contributed by atoms with E-state index < -0.39 is 0 Å². The first kappa shape index (κ1) is 17.0. The summed E-state index contributed by atoms with van der Waals surface area (Å²) in [5.74, 6) is 2.43. The Morgan fingerprint density at radius 3 is 2.70 bits per heavy atom. The Bertz CT molecular complexity index is 1050. The molecule has 3 heterocycles. The van der Waals surface area contributed by atoms with E-state index >= 15 is 0 Å². The highest BCUT2D eigenvalue weighted by atomic mass is 16.5. The molecule has 8 heteroatoms. The summed E-state index contributed by atoms with van der Waals surface area (Å²) in [6, 6.07) is 11.3. The van der Waals surface area contributed by atoms with Crippen LogP contribution in [-0.2, 0) is 6.42 Å². The number of rotatable bonds is 6. The third kappa shape index (κ3) is 3.61. The van der Waals surface area contributed by atoms with Gasteiger partial charge in [-0.25, -0.2) is 9.97 Å². The van der Waals surface area contributed by atoms with E-state index in [0.29, 0.717) is 30.5 Å². The molecule has 0 aliphatic rings. The highest BCUT2D eigenvalue weighted by Gasteiger charge is 2.17. The molecule has 27 heavy (non-hydrogen) atoms. The van der Waals surface area contributed by atoms with E-state index in [0.717, 1.165) is 22.3 Å². The minimum Gasteiger partial charge on any atom is -0.358 e. The van der Waals surface area contributed by atoms with Crippen LogP contribution in [0.15, 0.2) is 53.3 Å². The van der Waals surface area contributed by atoms with Crippen LogP contribution in [0.3, 0.4) is 0 Å². The zero-order valence-corrected chi connectivity index (χ0v) is 14.8. The molecule has 3 N–H and O–H groups in total. The summed E-state index contributed by atoms with van der Waals surface area (Å²) in [5, 5.41) is 8.35. The lowest BCUT2D eigenvalue weighted by atomic mass is 10.2. The van der Waals surface area contributed by atoms with Crippen LogP contribution in [0.4, 0.5) is 5.82 Å². The van der Waals surface area contributed by atoms with E-state index in [1.807, 2.05) is 43.3 Å². The van der Waals surface area contributed by atoms with Crippen LogP contribution in [0.2, 0.25) is 0 Å². The molecule has 0 saturated carbocycles. The lowest BCUT2D eigenvalue weighted by molar-refractivity contribution is 0.368. The van der Waals surface area contributed by atoms with E-state index in [1.54, 1.807) is 12.4 Å². The van der Waals surface area contributed by atoms with Crippen molar-refractivity contribution >= 4 is 16.7 Å². The summed E-state index contributed by atoms with van der Waals surface area (Å²) in [6.45, 7) is 2.44. The normalized spacial score (nSPS) is 12.2. The average Bonchev–Trinajstić information content (AvgIpc) is 3.19. The molecule has 136 valence electrons. The molecule has 8 nitrogen and oxygen atoms in total. The minimum absolute atomic E-state index is 0.225. The zero-order chi connectivity index (χ0) is 18.6. The van der Waals surface area contributed by atoms with Gasteiger partial charge in [0.25, 0.3) is 0 Å². The van der Waals surface area contributed by atoms with Gasteiger partial charge in [-0.15, -0.1) is 0 Å². The SMILES string of the molecule is C[C@@H](Nc1nc(CCN)nc2ccccc12)c1nc(-c2ccncc2)no1. The van der Waals surface area contributed by atoms with Gasteiger partial charge in [-0.2, -0.15) is 4.98 Å². The number of nitrogens with one attached hydrogen (secondary N) is 1. The molecule has 4 aromatic rings. The van der Waals surface area contributed by atoms with Crippen molar-refractivity contribution in [2.75, 3.05) is 11.9 Å². The number of fused-ring (bicyclic) bond motifs is 1. The van der Waals surface area contributed by atoms with Crippen LogP contribution >= 0.6 is 0 Å². The molecule has 0 aliphatic heterocycles. The summed E-state index contributed by atoms with van der Waals surface area (Å²) in [6.07, 6.45) is 4.00. The summed E-state index contributed by atoms with van der Waals surface area (Å²) < 4.78 is 5.44. The Morgan fingerprint density at radius 1 is 1.07 bits per heavy atom. The van der Waals surface area contributed by atoms with Crippen molar-refractivity contribution in [1.29, 1.82) is 0 Å². The summed E-state index contributed by atoms with van der Waals surface area (Å²) >= 11 is 0. The Kier molecular flexibility index (Phi) is 4.71. The first-order chi connectivity index (χ1) is 13.2. The predicted molar refractivity (Wildman–Crippen MR) is 102 cm³/mol. The number of nitrogens with two attached hydrogens (primary N) is 1. The first-order valence-electron chi connectivity index (χ1n) is 8.71. The number of hydrogen-bond donors (Lipinski definition) is 2. The third-order valence-electron chi connectivity index (χ3n) is 4.12. The lowest BCUT2D eigenvalue weighted by Gasteiger charge is -2.13. The van der Waals surface area contributed by atoms with Crippen molar-refractivity contribution in [3.8, 4) is 11.4 Å². The molecule has 1 atom stereocenters. The fraction of sp³-hybridized carbons (Fsp3) is 0.211. The van der Waals surface area contributed by atoms with Gasteiger partial charge in [-0.1, -0.05) is 17.3 Å². The largest absolute Gasteiger partial charge is 0.358 e. The first-order valence-corrected chi connectivity index (χ1v) is 8.71. The number of para-hydroxylation sites is 1. The number of nitrogens with zero attached hydrogens (tertiary/aromatic N) is 5. The smallest absolute Gasteiger partial charge is 0.249 e. The van der Waals surface area contributed by atoms with Gasteiger partial charge in [0.1, 0.15) is 17.7 Å². The standard InChI is InChI=1S/C19H19N7O/c1-12(19-25-17(26-27-19)13-7-10-21-11-8-13)22-18-14-4-2-3-5-15(14)23-16(24-18)6-9-20/h2-5,7-8,10-12H,6,9,20H2,1H3,(H,22,23,24)/t12-/m1/s1. The molecule has 0 amide bonds. The van der Waals surface area contributed by atoms with Gasteiger partial charge in [-0.3, -0.25) is 4.98 Å². The van der Waals surface area contributed by atoms with E-state index in [-0.39, 0.29) is 6.04 Å². The van der Waals surface area contributed by atoms with Crippen LogP contribution in [0.1, 0.15) is 24.7 Å². The highest BCUT2D eigenvalue weighted by Crippen LogP contribution is 2.25. The number of pyridine rings is 1. The maximum atomic E-state index is 5.67. The molecule has 0 spiro atoms. The Balaban J connectivity index is 1.63. The van der Waals surface area contributed by atoms with Crippen molar-refractivity contribution in [2.24, 2.45) is 5.73 Å². The second-order valence-electron chi connectivity index (χ2n) is 6.10. The molecule has 0 unspecified atom stereocenters. The maximum absolute atomic E-state index is 5.67. The van der Waals surface area contributed by atoms with Crippen molar-refractivity contribution in [2.45, 2.75) is 19.4 Å². The molecule has 0 bridgehead atoms. The van der Waals surface area contributed by atoms with Crippen LogP contribution in [0.5, 0.6) is 0 Å². The van der Waals surface area contributed by atoms with Gasteiger partial charge in [0.15, 0.2) is 0 Å². The lowest BCUT2D eigenvalue weighted by Crippen LogP contribution is -2.12. The molecule has 0 radical (unpaired) electrons. The third-order valence-corrected chi connectivity index (χ3v) is 4.12. The fourth-order valence-electron chi connectivity index (χ4n) is 2.77. The van der Waals surface area contributed by atoms with Crippen molar-refractivity contribution < 1.29 is 4.52 Å². The van der Waals surface area contributed by atoms with Crippen LogP contribution in [0.25, 0.3) is 22.3 Å². The van der Waals surface area contributed by atoms with Crippen LogP contribution < -0.4 is 11.1 Å². The molecular weight excluding hydrogens is 342 g/mol. The van der Waals surface area contributed by atoms with Gasteiger partial charge in [-0.05, 0) is 37.7 Å². The van der Waals surface area contributed by atoms with Crippen molar-refractivity contribution in [3.05, 3.63) is 60.5 Å². The van der Waals surface area contributed by atoms with Gasteiger partial charge < -0.3 is 15.6 Å². The molecule has 3 aromatic heterocycles. The zero-order valence-electron chi connectivity index (χ0n) is 14.8. The molecule has 0 saturated heterocycles. The molecule has 0 fully saturated rings. The van der Waals surface area contributed by atoms with Gasteiger partial charge in [0.2, 0.25) is 11.7 Å². The highest BCUT2D eigenvalue weighted by molar-refractivity contribution is 5.89. The number of anilines is 1. The van der Waals surface area contributed by atoms with Crippen LogP contribution in [-0.4, -0.2) is 31.6 Å². The van der Waals surface area contributed by atoms with Gasteiger partial charge in [0.05, 0.1) is 5.52 Å². The quantitative estimate of drug-likeness (QED) is 0.538. The topological polar surface area (TPSA) is 116 Å².